The molecule has 0 unspecified atom stereocenters. The number of ether oxygens (including phenoxy) is 1. The average molecular weight is 240 g/mol. The summed E-state index contributed by atoms with van der Waals surface area (Å²) in [6, 6.07) is 0. The van der Waals surface area contributed by atoms with Gasteiger partial charge >= 0.3 is 0 Å². The first-order valence-corrected chi connectivity index (χ1v) is 6.39. The van der Waals surface area contributed by atoms with Crippen LogP contribution in [0.1, 0.15) is 33.0 Å². The highest BCUT2D eigenvalue weighted by molar-refractivity contribution is 4.83. The quantitative estimate of drug-likeness (QED) is 0.664. The van der Waals surface area contributed by atoms with Crippen LogP contribution in [0.3, 0.4) is 0 Å². The van der Waals surface area contributed by atoms with Crippen molar-refractivity contribution in [2.45, 2.75) is 40.3 Å². The second-order valence-electron chi connectivity index (χ2n) is 4.54. The molecule has 5 nitrogen and oxygen atoms in total. The summed E-state index contributed by atoms with van der Waals surface area (Å²) >= 11 is 0. The molecule has 1 aromatic rings. The minimum absolute atomic E-state index is 0.600. The van der Waals surface area contributed by atoms with Gasteiger partial charge in [-0.1, -0.05) is 20.8 Å². The minimum atomic E-state index is 0.600. The molecule has 0 aliphatic rings. The zero-order chi connectivity index (χ0) is 12.5. The topological polar surface area (TPSA) is 52.0 Å². The van der Waals surface area contributed by atoms with E-state index in [9.17, 15) is 0 Å². The predicted molar refractivity (Wildman–Crippen MR) is 67.7 cm³/mol. The molecular weight excluding hydrogens is 216 g/mol. The fraction of sp³-hybridized carbons (Fsp3) is 0.833. The van der Waals surface area contributed by atoms with Gasteiger partial charge in [0.25, 0.3) is 0 Å². The molecule has 0 amide bonds. The molecule has 0 spiro atoms. The standard InChI is InChI=1S/C12H24N4O/c1-4-6-16-12(14-10-15-16)8-13-5-7-17-9-11(2)3/h10-11,13H,4-9H2,1-3H3. The van der Waals surface area contributed by atoms with Crippen molar-refractivity contribution < 1.29 is 4.74 Å². The first-order valence-electron chi connectivity index (χ1n) is 6.39. The van der Waals surface area contributed by atoms with Gasteiger partial charge in [0.1, 0.15) is 12.2 Å². The Morgan fingerprint density at radius 3 is 3.00 bits per heavy atom. The van der Waals surface area contributed by atoms with Crippen LogP contribution in [0.2, 0.25) is 0 Å². The van der Waals surface area contributed by atoms with E-state index in [1.54, 1.807) is 6.33 Å². The van der Waals surface area contributed by atoms with Crippen LogP contribution in [0.15, 0.2) is 6.33 Å². The zero-order valence-corrected chi connectivity index (χ0v) is 11.1. The smallest absolute Gasteiger partial charge is 0.140 e. The molecule has 1 heterocycles. The highest BCUT2D eigenvalue weighted by Gasteiger charge is 2.02. The van der Waals surface area contributed by atoms with E-state index in [0.29, 0.717) is 5.92 Å². The lowest BCUT2D eigenvalue weighted by atomic mass is 10.2. The van der Waals surface area contributed by atoms with E-state index in [2.05, 4.69) is 36.2 Å². The van der Waals surface area contributed by atoms with Crippen molar-refractivity contribution in [3.05, 3.63) is 12.2 Å². The Morgan fingerprint density at radius 2 is 2.29 bits per heavy atom. The highest BCUT2D eigenvalue weighted by atomic mass is 16.5. The first-order chi connectivity index (χ1) is 8.24. The molecule has 98 valence electrons. The van der Waals surface area contributed by atoms with Gasteiger partial charge in [0, 0.05) is 19.7 Å². The number of nitrogens with one attached hydrogen (secondary N) is 1. The molecule has 0 saturated carbocycles. The van der Waals surface area contributed by atoms with E-state index in [1.807, 2.05) is 4.68 Å². The Morgan fingerprint density at radius 1 is 1.47 bits per heavy atom. The van der Waals surface area contributed by atoms with E-state index in [0.717, 1.165) is 45.1 Å². The molecule has 1 rings (SSSR count). The Hall–Kier alpha value is -0.940. The largest absolute Gasteiger partial charge is 0.380 e. The Kier molecular flexibility index (Phi) is 6.81. The van der Waals surface area contributed by atoms with Crippen molar-refractivity contribution in [3.8, 4) is 0 Å². The predicted octanol–water partition coefficient (Wildman–Crippen LogP) is 1.45. The van der Waals surface area contributed by atoms with Crippen LogP contribution < -0.4 is 5.32 Å². The van der Waals surface area contributed by atoms with Gasteiger partial charge < -0.3 is 10.1 Å². The number of aromatic nitrogens is 3. The molecule has 5 heteroatoms. The number of hydrogen-bond acceptors (Lipinski definition) is 4. The lowest BCUT2D eigenvalue weighted by Crippen LogP contribution is -2.22. The van der Waals surface area contributed by atoms with Crippen LogP contribution in [-0.2, 0) is 17.8 Å². The summed E-state index contributed by atoms with van der Waals surface area (Å²) in [4.78, 5) is 4.23. The van der Waals surface area contributed by atoms with Crippen LogP contribution in [-0.4, -0.2) is 34.5 Å². The van der Waals surface area contributed by atoms with Crippen LogP contribution >= 0.6 is 0 Å². The summed E-state index contributed by atoms with van der Waals surface area (Å²) < 4.78 is 7.43. The van der Waals surface area contributed by atoms with Crippen molar-refractivity contribution in [2.24, 2.45) is 5.92 Å². The number of aryl methyl sites for hydroxylation is 1. The third-order valence-corrected chi connectivity index (χ3v) is 2.29. The SMILES string of the molecule is CCCn1ncnc1CNCCOCC(C)C. The van der Waals surface area contributed by atoms with Gasteiger partial charge in [-0.3, -0.25) is 0 Å². The lowest BCUT2D eigenvalue weighted by molar-refractivity contribution is 0.111. The average Bonchev–Trinajstić information content (AvgIpc) is 2.71. The van der Waals surface area contributed by atoms with E-state index in [4.69, 9.17) is 4.74 Å². The molecule has 17 heavy (non-hydrogen) atoms. The van der Waals surface area contributed by atoms with Gasteiger partial charge in [0.05, 0.1) is 13.2 Å². The second kappa shape index (κ2) is 8.20. The summed E-state index contributed by atoms with van der Waals surface area (Å²) in [5.41, 5.74) is 0. The number of hydrogen-bond donors (Lipinski definition) is 1. The molecule has 1 N–H and O–H groups in total. The van der Waals surface area contributed by atoms with Crippen LogP contribution in [0.5, 0.6) is 0 Å². The molecular formula is C12H24N4O. The van der Waals surface area contributed by atoms with E-state index >= 15 is 0 Å². The first kappa shape index (κ1) is 14.1. The summed E-state index contributed by atoms with van der Waals surface area (Å²) in [5, 5.41) is 7.49. The summed E-state index contributed by atoms with van der Waals surface area (Å²) in [6.07, 6.45) is 2.69. The van der Waals surface area contributed by atoms with Crippen molar-refractivity contribution in [1.29, 1.82) is 0 Å². The molecule has 0 radical (unpaired) electrons. The molecule has 0 aromatic carbocycles. The summed E-state index contributed by atoms with van der Waals surface area (Å²) in [7, 11) is 0. The fourth-order valence-electron chi connectivity index (χ4n) is 1.49. The molecule has 0 atom stereocenters. The monoisotopic (exact) mass is 240 g/mol. The molecule has 0 fully saturated rings. The molecule has 0 saturated heterocycles. The van der Waals surface area contributed by atoms with Gasteiger partial charge in [-0.05, 0) is 12.3 Å². The van der Waals surface area contributed by atoms with E-state index in [-0.39, 0.29) is 0 Å². The zero-order valence-electron chi connectivity index (χ0n) is 11.1. The normalized spacial score (nSPS) is 11.3. The van der Waals surface area contributed by atoms with Gasteiger partial charge in [-0.15, -0.1) is 0 Å². The Labute approximate surface area is 104 Å². The third-order valence-electron chi connectivity index (χ3n) is 2.29. The maximum atomic E-state index is 5.49. The maximum absolute atomic E-state index is 5.49. The van der Waals surface area contributed by atoms with Gasteiger partial charge in [-0.2, -0.15) is 5.10 Å². The maximum Gasteiger partial charge on any atom is 0.140 e. The molecule has 0 aliphatic carbocycles. The van der Waals surface area contributed by atoms with Crippen molar-refractivity contribution >= 4 is 0 Å². The third kappa shape index (κ3) is 5.79. The van der Waals surface area contributed by atoms with E-state index < -0.39 is 0 Å². The second-order valence-corrected chi connectivity index (χ2v) is 4.54. The highest BCUT2D eigenvalue weighted by Crippen LogP contribution is 1.95. The van der Waals surface area contributed by atoms with E-state index in [1.165, 1.54) is 0 Å². The lowest BCUT2D eigenvalue weighted by Gasteiger charge is -2.08. The fourth-order valence-corrected chi connectivity index (χ4v) is 1.49. The van der Waals surface area contributed by atoms with Crippen LogP contribution in [0, 0.1) is 5.92 Å². The molecule has 0 bridgehead atoms. The molecule has 0 aliphatic heterocycles. The number of rotatable bonds is 9. The van der Waals surface area contributed by atoms with Crippen molar-refractivity contribution in [3.63, 3.8) is 0 Å². The van der Waals surface area contributed by atoms with Crippen LogP contribution in [0.25, 0.3) is 0 Å². The minimum Gasteiger partial charge on any atom is -0.380 e. The van der Waals surface area contributed by atoms with Crippen molar-refractivity contribution in [2.75, 3.05) is 19.8 Å². The molecule has 1 aromatic heterocycles. The Balaban J connectivity index is 2.11. The van der Waals surface area contributed by atoms with Gasteiger partial charge in [0.15, 0.2) is 0 Å². The van der Waals surface area contributed by atoms with Gasteiger partial charge in [0.2, 0.25) is 0 Å². The summed E-state index contributed by atoms with van der Waals surface area (Å²) in [6.45, 7) is 10.6. The van der Waals surface area contributed by atoms with Crippen molar-refractivity contribution in [1.82, 2.24) is 20.1 Å². The number of nitrogens with zero attached hydrogens (tertiary/aromatic N) is 3. The Bertz CT molecular complexity index is 298. The van der Waals surface area contributed by atoms with Gasteiger partial charge in [-0.25, -0.2) is 9.67 Å². The van der Waals surface area contributed by atoms with Crippen LogP contribution in [0.4, 0.5) is 0 Å². The summed E-state index contributed by atoms with van der Waals surface area (Å²) in [5.74, 6) is 1.60.